The zero-order chi connectivity index (χ0) is 19.9. The number of carbonyl (C=O) groups excluding carboxylic acids is 4. The van der Waals surface area contributed by atoms with Crippen molar-refractivity contribution in [3.05, 3.63) is 12.2 Å². The Hall–Kier alpha value is -2.58. The number of nitrogens with one attached hydrogen (secondary N) is 2. The molecule has 2 N–H and O–H groups in total. The summed E-state index contributed by atoms with van der Waals surface area (Å²) in [7, 11) is 0. The van der Waals surface area contributed by atoms with Gasteiger partial charge >= 0.3 is 23.9 Å². The molecule has 0 aliphatic carbocycles. The van der Waals surface area contributed by atoms with Crippen LogP contribution in [0.5, 0.6) is 0 Å². The lowest BCUT2D eigenvalue weighted by Gasteiger charge is -2.17. The normalized spacial score (nSPS) is 11.0. The Kier molecular flexibility index (Phi) is 12.3. The number of carbonyl (C=O) groups is 4. The third-order valence-electron chi connectivity index (χ3n) is 2.85. The van der Waals surface area contributed by atoms with E-state index in [-0.39, 0.29) is 38.4 Å². The lowest BCUT2D eigenvalue weighted by atomic mass is 10.2. The first-order valence-corrected chi connectivity index (χ1v) is 8.51. The quantitative estimate of drug-likeness (QED) is 0.227. The van der Waals surface area contributed by atoms with E-state index in [0.717, 1.165) is 0 Å². The van der Waals surface area contributed by atoms with E-state index in [4.69, 9.17) is 14.2 Å². The van der Waals surface area contributed by atoms with E-state index in [9.17, 15) is 19.2 Å². The average molecular weight is 372 g/mol. The SMILES string of the molecule is C=C(C)C(=O)OCCNC(=O)NC(CC(=O)OCCC)C(=O)OCCC. The Morgan fingerprint density at radius 1 is 0.962 bits per heavy atom. The smallest absolute Gasteiger partial charge is 0.333 e. The molecule has 0 saturated carbocycles. The summed E-state index contributed by atoms with van der Waals surface area (Å²) in [5, 5.41) is 4.78. The molecule has 0 radical (unpaired) electrons. The van der Waals surface area contributed by atoms with E-state index in [1.54, 1.807) is 0 Å². The fourth-order valence-corrected chi connectivity index (χ4v) is 1.58. The van der Waals surface area contributed by atoms with Gasteiger partial charge in [0.2, 0.25) is 0 Å². The maximum absolute atomic E-state index is 12.0. The maximum atomic E-state index is 12.0. The maximum Gasteiger partial charge on any atom is 0.333 e. The van der Waals surface area contributed by atoms with Crippen molar-refractivity contribution in [3.63, 3.8) is 0 Å². The van der Waals surface area contributed by atoms with E-state index in [2.05, 4.69) is 17.2 Å². The third-order valence-corrected chi connectivity index (χ3v) is 2.85. The number of amides is 2. The van der Waals surface area contributed by atoms with Crippen molar-refractivity contribution < 1.29 is 33.4 Å². The third kappa shape index (κ3) is 11.1. The highest BCUT2D eigenvalue weighted by molar-refractivity contribution is 5.88. The molecule has 1 atom stereocenters. The minimum absolute atomic E-state index is 0.0296. The standard InChI is InChI=1S/C17H28N2O7/c1-5-8-24-14(20)11-13(16(22)25-9-6-2)19-17(23)18-7-10-26-15(21)12(3)4/h13H,3,5-11H2,1-2,4H3,(H2,18,19,23). The summed E-state index contributed by atoms with van der Waals surface area (Å²) >= 11 is 0. The molecule has 1 unspecified atom stereocenters. The van der Waals surface area contributed by atoms with Crippen LogP contribution in [0.3, 0.4) is 0 Å². The first kappa shape index (κ1) is 23.4. The highest BCUT2D eigenvalue weighted by atomic mass is 16.5. The highest BCUT2D eigenvalue weighted by Crippen LogP contribution is 2.00. The molecule has 148 valence electrons. The molecule has 0 aromatic carbocycles. The number of hydrogen-bond donors (Lipinski definition) is 2. The number of rotatable bonds is 12. The van der Waals surface area contributed by atoms with Gasteiger partial charge in [-0.3, -0.25) is 4.79 Å². The van der Waals surface area contributed by atoms with Gasteiger partial charge in [-0.1, -0.05) is 20.4 Å². The fraction of sp³-hybridized carbons (Fsp3) is 0.647. The molecule has 9 nitrogen and oxygen atoms in total. The topological polar surface area (TPSA) is 120 Å². The van der Waals surface area contributed by atoms with Crippen LogP contribution in [0.25, 0.3) is 0 Å². The monoisotopic (exact) mass is 372 g/mol. The van der Waals surface area contributed by atoms with Crippen molar-refractivity contribution in [2.24, 2.45) is 0 Å². The number of ether oxygens (including phenoxy) is 3. The molecule has 2 amide bonds. The second-order valence-electron chi connectivity index (χ2n) is 5.46. The van der Waals surface area contributed by atoms with E-state index in [1.165, 1.54) is 6.92 Å². The number of esters is 3. The van der Waals surface area contributed by atoms with Gasteiger partial charge in [-0.05, 0) is 19.8 Å². The molecule has 0 heterocycles. The number of hydrogen-bond acceptors (Lipinski definition) is 7. The average Bonchev–Trinajstić information content (AvgIpc) is 2.60. The van der Waals surface area contributed by atoms with Crippen LogP contribution in [0.2, 0.25) is 0 Å². The Morgan fingerprint density at radius 3 is 2.15 bits per heavy atom. The predicted molar refractivity (Wildman–Crippen MR) is 93.2 cm³/mol. The lowest BCUT2D eigenvalue weighted by Crippen LogP contribution is -2.48. The van der Waals surface area contributed by atoms with Crippen LogP contribution in [0, 0.1) is 0 Å². The fourth-order valence-electron chi connectivity index (χ4n) is 1.58. The molecule has 0 spiro atoms. The summed E-state index contributed by atoms with van der Waals surface area (Å²) in [5.41, 5.74) is 0.249. The van der Waals surface area contributed by atoms with Crippen molar-refractivity contribution in [2.75, 3.05) is 26.4 Å². The molecule has 0 bridgehead atoms. The molecule has 26 heavy (non-hydrogen) atoms. The minimum atomic E-state index is -1.16. The van der Waals surface area contributed by atoms with Crippen molar-refractivity contribution >= 4 is 23.9 Å². The van der Waals surface area contributed by atoms with Gasteiger partial charge in [-0.25, -0.2) is 14.4 Å². The van der Waals surface area contributed by atoms with E-state index < -0.39 is 30.0 Å². The van der Waals surface area contributed by atoms with E-state index in [1.807, 2.05) is 13.8 Å². The molecular formula is C17H28N2O7. The van der Waals surface area contributed by atoms with Crippen LogP contribution in [0.1, 0.15) is 40.0 Å². The van der Waals surface area contributed by atoms with Gasteiger partial charge in [0.15, 0.2) is 0 Å². The second kappa shape index (κ2) is 13.7. The van der Waals surface area contributed by atoms with Crippen LogP contribution in [0.15, 0.2) is 12.2 Å². The van der Waals surface area contributed by atoms with Crippen LogP contribution in [-0.2, 0) is 28.6 Å². The largest absolute Gasteiger partial charge is 0.466 e. The molecule has 0 saturated heterocycles. The Balaban J connectivity index is 4.47. The zero-order valence-corrected chi connectivity index (χ0v) is 15.6. The van der Waals surface area contributed by atoms with Crippen molar-refractivity contribution in [1.82, 2.24) is 10.6 Å². The first-order valence-electron chi connectivity index (χ1n) is 8.51. The molecule has 0 fully saturated rings. The molecule has 0 aliphatic rings. The summed E-state index contributed by atoms with van der Waals surface area (Å²) < 4.78 is 14.7. The molecule has 0 aromatic rings. The molecule has 9 heteroatoms. The first-order chi connectivity index (χ1) is 12.3. The Labute approximate surface area is 153 Å². The summed E-state index contributed by atoms with van der Waals surface area (Å²) in [5.74, 6) is -1.89. The van der Waals surface area contributed by atoms with Gasteiger partial charge in [0.25, 0.3) is 0 Å². The van der Waals surface area contributed by atoms with Gasteiger partial charge in [-0.2, -0.15) is 0 Å². The van der Waals surface area contributed by atoms with E-state index >= 15 is 0 Å². The Bertz CT molecular complexity index is 505. The molecule has 0 aliphatic heterocycles. The van der Waals surface area contributed by atoms with Crippen molar-refractivity contribution in [3.8, 4) is 0 Å². The summed E-state index contributed by atoms with van der Waals surface area (Å²) in [6.45, 7) is 8.99. The highest BCUT2D eigenvalue weighted by Gasteiger charge is 2.26. The molecular weight excluding hydrogens is 344 g/mol. The summed E-state index contributed by atoms with van der Waals surface area (Å²) in [4.78, 5) is 46.8. The lowest BCUT2D eigenvalue weighted by molar-refractivity contribution is -0.152. The van der Waals surface area contributed by atoms with Gasteiger partial charge in [0.05, 0.1) is 26.2 Å². The second-order valence-corrected chi connectivity index (χ2v) is 5.46. The van der Waals surface area contributed by atoms with E-state index in [0.29, 0.717) is 12.8 Å². The van der Waals surface area contributed by atoms with Crippen LogP contribution in [-0.4, -0.2) is 56.3 Å². The predicted octanol–water partition coefficient (Wildman–Crippen LogP) is 1.07. The van der Waals surface area contributed by atoms with Crippen LogP contribution in [0.4, 0.5) is 4.79 Å². The number of urea groups is 1. The molecule has 0 rings (SSSR count). The van der Waals surface area contributed by atoms with Crippen LogP contribution < -0.4 is 10.6 Å². The molecule has 0 aromatic heterocycles. The van der Waals surface area contributed by atoms with Gasteiger partial charge in [0.1, 0.15) is 12.6 Å². The van der Waals surface area contributed by atoms with Crippen LogP contribution >= 0.6 is 0 Å². The Morgan fingerprint density at radius 2 is 1.58 bits per heavy atom. The summed E-state index contributed by atoms with van der Waals surface area (Å²) in [6, 6.07) is -1.86. The van der Waals surface area contributed by atoms with Gasteiger partial charge in [0, 0.05) is 5.57 Å². The van der Waals surface area contributed by atoms with Crippen molar-refractivity contribution in [2.45, 2.75) is 46.1 Å². The minimum Gasteiger partial charge on any atom is -0.466 e. The van der Waals surface area contributed by atoms with Gasteiger partial charge < -0.3 is 24.8 Å². The van der Waals surface area contributed by atoms with Gasteiger partial charge in [-0.15, -0.1) is 0 Å². The van der Waals surface area contributed by atoms with Crippen molar-refractivity contribution in [1.29, 1.82) is 0 Å². The summed E-state index contributed by atoms with van der Waals surface area (Å²) in [6.07, 6.45) is 0.924. The zero-order valence-electron chi connectivity index (χ0n) is 15.6.